The zero-order valence-corrected chi connectivity index (χ0v) is 11.7. The van der Waals surface area contributed by atoms with Gasteiger partial charge in [0.25, 0.3) is 0 Å². The molecule has 0 aliphatic heterocycles. The van der Waals surface area contributed by atoms with Crippen molar-refractivity contribution in [2.75, 3.05) is 7.11 Å². The van der Waals surface area contributed by atoms with Crippen molar-refractivity contribution in [1.82, 2.24) is 5.32 Å². The lowest BCUT2D eigenvalue weighted by Crippen LogP contribution is -2.45. The van der Waals surface area contributed by atoms with Gasteiger partial charge in [-0.15, -0.1) is 0 Å². The highest BCUT2D eigenvalue weighted by Crippen LogP contribution is 2.32. The van der Waals surface area contributed by atoms with Crippen LogP contribution in [0.4, 0.5) is 0 Å². The molecule has 0 spiro atoms. The van der Waals surface area contributed by atoms with Crippen molar-refractivity contribution in [3.63, 3.8) is 0 Å². The summed E-state index contributed by atoms with van der Waals surface area (Å²) in [6.07, 6.45) is 2.48. The maximum absolute atomic E-state index is 12.0. The van der Waals surface area contributed by atoms with Gasteiger partial charge in [0.15, 0.2) is 0 Å². The van der Waals surface area contributed by atoms with E-state index in [4.69, 9.17) is 22.7 Å². The zero-order chi connectivity index (χ0) is 13.8. The van der Waals surface area contributed by atoms with Crippen molar-refractivity contribution in [3.05, 3.63) is 29.8 Å². The van der Waals surface area contributed by atoms with E-state index >= 15 is 0 Å². The summed E-state index contributed by atoms with van der Waals surface area (Å²) in [6, 6.07) is 7.31. The van der Waals surface area contributed by atoms with E-state index in [1.165, 1.54) is 0 Å². The zero-order valence-electron chi connectivity index (χ0n) is 10.9. The van der Waals surface area contributed by atoms with Crippen LogP contribution in [0.3, 0.4) is 0 Å². The molecule has 0 aromatic heterocycles. The maximum atomic E-state index is 12.0. The third-order valence-electron chi connectivity index (χ3n) is 3.22. The van der Waals surface area contributed by atoms with E-state index in [0.717, 1.165) is 24.2 Å². The Morgan fingerprint density at radius 2 is 2.32 bits per heavy atom. The molecule has 1 aliphatic carbocycles. The van der Waals surface area contributed by atoms with E-state index in [1.807, 2.05) is 24.3 Å². The molecule has 0 radical (unpaired) electrons. The fraction of sp³-hybridized carbons (Fsp3) is 0.429. The number of methoxy groups -OCH3 is 1. The molecule has 102 valence electrons. The second kappa shape index (κ2) is 6.02. The molecule has 1 saturated carbocycles. The topological polar surface area (TPSA) is 64.3 Å². The summed E-state index contributed by atoms with van der Waals surface area (Å²) in [5.74, 6) is 1.11. The first kappa shape index (κ1) is 13.8. The number of amides is 1. The Bertz CT molecular complexity index is 486. The lowest BCUT2D eigenvalue weighted by Gasteiger charge is -2.16. The predicted molar refractivity (Wildman–Crippen MR) is 78.1 cm³/mol. The van der Waals surface area contributed by atoms with E-state index in [2.05, 4.69) is 5.32 Å². The molecule has 19 heavy (non-hydrogen) atoms. The third-order valence-corrected chi connectivity index (χ3v) is 3.47. The number of nitrogens with one attached hydrogen (secondary N) is 1. The summed E-state index contributed by atoms with van der Waals surface area (Å²) >= 11 is 5.00. The van der Waals surface area contributed by atoms with Crippen LogP contribution >= 0.6 is 12.2 Å². The number of ether oxygens (including phenoxy) is 1. The van der Waals surface area contributed by atoms with Gasteiger partial charge in [-0.05, 0) is 36.5 Å². The summed E-state index contributed by atoms with van der Waals surface area (Å²) in [5.41, 5.74) is 6.57. The molecule has 1 fully saturated rings. The highest BCUT2D eigenvalue weighted by molar-refractivity contribution is 7.80. The Balaban J connectivity index is 1.94. The van der Waals surface area contributed by atoms with Gasteiger partial charge in [0.2, 0.25) is 5.91 Å². The second-order valence-electron chi connectivity index (χ2n) is 4.81. The van der Waals surface area contributed by atoms with E-state index in [-0.39, 0.29) is 11.9 Å². The van der Waals surface area contributed by atoms with Crippen LogP contribution < -0.4 is 15.8 Å². The maximum Gasteiger partial charge on any atom is 0.224 e. The number of carbonyl (C=O) groups is 1. The number of carbonyl (C=O) groups excluding carboxylic acids is 1. The molecular weight excluding hydrogens is 260 g/mol. The highest BCUT2D eigenvalue weighted by Gasteiger charge is 2.34. The molecule has 4 nitrogen and oxygen atoms in total. The van der Waals surface area contributed by atoms with Crippen LogP contribution in [0.1, 0.15) is 18.4 Å². The van der Waals surface area contributed by atoms with Crippen LogP contribution in [-0.4, -0.2) is 24.0 Å². The van der Waals surface area contributed by atoms with E-state index in [9.17, 15) is 4.79 Å². The Morgan fingerprint density at radius 3 is 2.89 bits per heavy atom. The van der Waals surface area contributed by atoms with E-state index in [1.54, 1.807) is 7.11 Å². The van der Waals surface area contributed by atoms with Gasteiger partial charge in [-0.2, -0.15) is 0 Å². The van der Waals surface area contributed by atoms with Crippen LogP contribution in [-0.2, 0) is 11.2 Å². The summed E-state index contributed by atoms with van der Waals surface area (Å²) in [5, 5.41) is 2.92. The molecule has 0 heterocycles. The van der Waals surface area contributed by atoms with Crippen LogP contribution in [0.25, 0.3) is 0 Å². The lowest BCUT2D eigenvalue weighted by molar-refractivity contribution is -0.120. The third kappa shape index (κ3) is 3.92. The highest BCUT2D eigenvalue weighted by atomic mass is 32.1. The smallest absolute Gasteiger partial charge is 0.224 e. The lowest BCUT2D eigenvalue weighted by atomic mass is 10.1. The standard InChI is InChI=1S/C14H18N2O2S/c1-18-11-4-2-3-9(7-11)8-12(17)16-13(14(15)19)10-5-6-10/h2-4,7,10,13H,5-6,8H2,1H3,(H2,15,19)(H,16,17). The molecule has 5 heteroatoms. The first-order valence-corrected chi connectivity index (χ1v) is 6.72. The summed E-state index contributed by atoms with van der Waals surface area (Å²) < 4.78 is 5.13. The minimum absolute atomic E-state index is 0.0575. The predicted octanol–water partition coefficient (Wildman–Crippen LogP) is 1.42. The molecule has 3 N–H and O–H groups in total. The van der Waals surface area contributed by atoms with E-state index in [0.29, 0.717) is 17.3 Å². The number of hydrogen-bond acceptors (Lipinski definition) is 3. The summed E-state index contributed by atoms with van der Waals surface area (Å²) in [6.45, 7) is 0. The van der Waals surface area contributed by atoms with Gasteiger partial charge in [-0.3, -0.25) is 4.79 Å². The van der Waals surface area contributed by atoms with Gasteiger partial charge in [0.1, 0.15) is 5.75 Å². The fourth-order valence-electron chi connectivity index (χ4n) is 2.04. The van der Waals surface area contributed by atoms with Crippen molar-refractivity contribution in [2.24, 2.45) is 11.7 Å². The quantitative estimate of drug-likeness (QED) is 0.772. The fourth-order valence-corrected chi connectivity index (χ4v) is 2.29. The van der Waals surface area contributed by atoms with Crippen LogP contribution in [0.5, 0.6) is 5.75 Å². The van der Waals surface area contributed by atoms with Crippen LogP contribution in [0, 0.1) is 5.92 Å². The van der Waals surface area contributed by atoms with Crippen LogP contribution in [0.2, 0.25) is 0 Å². The minimum atomic E-state index is -0.159. The largest absolute Gasteiger partial charge is 0.497 e. The molecule has 1 aromatic carbocycles. The van der Waals surface area contributed by atoms with Crippen molar-refractivity contribution >= 4 is 23.1 Å². The first-order chi connectivity index (χ1) is 9.10. The number of rotatable bonds is 6. The number of benzene rings is 1. The number of thiocarbonyl (C=S) groups is 1. The molecule has 1 aromatic rings. The second-order valence-corrected chi connectivity index (χ2v) is 5.28. The molecule has 0 saturated heterocycles. The SMILES string of the molecule is COc1cccc(CC(=O)NC(C(N)=S)C2CC2)c1. The molecule has 0 bridgehead atoms. The van der Waals surface area contributed by atoms with E-state index < -0.39 is 0 Å². The number of hydrogen-bond donors (Lipinski definition) is 2. The van der Waals surface area contributed by atoms with Gasteiger partial charge >= 0.3 is 0 Å². The van der Waals surface area contributed by atoms with Gasteiger partial charge in [0, 0.05) is 0 Å². The average Bonchev–Trinajstić information content (AvgIpc) is 3.20. The monoisotopic (exact) mass is 278 g/mol. The van der Waals surface area contributed by atoms with Crippen molar-refractivity contribution in [2.45, 2.75) is 25.3 Å². The summed E-state index contributed by atoms with van der Waals surface area (Å²) in [4.78, 5) is 12.4. The molecular formula is C14H18N2O2S. The van der Waals surface area contributed by atoms with Gasteiger partial charge in [-0.1, -0.05) is 24.4 Å². The average molecular weight is 278 g/mol. The first-order valence-electron chi connectivity index (χ1n) is 6.31. The minimum Gasteiger partial charge on any atom is -0.497 e. The van der Waals surface area contributed by atoms with Crippen molar-refractivity contribution in [1.29, 1.82) is 0 Å². The molecule has 1 atom stereocenters. The van der Waals surface area contributed by atoms with Gasteiger partial charge in [-0.25, -0.2) is 0 Å². The summed E-state index contributed by atoms with van der Waals surface area (Å²) in [7, 11) is 1.61. The molecule has 1 unspecified atom stereocenters. The van der Waals surface area contributed by atoms with Crippen LogP contribution in [0.15, 0.2) is 24.3 Å². The Hall–Kier alpha value is -1.62. The Morgan fingerprint density at radius 1 is 1.58 bits per heavy atom. The molecule has 1 aliphatic rings. The van der Waals surface area contributed by atoms with Gasteiger partial charge < -0.3 is 15.8 Å². The van der Waals surface area contributed by atoms with Gasteiger partial charge in [0.05, 0.1) is 24.6 Å². The number of nitrogens with two attached hydrogens (primary N) is 1. The molecule has 1 amide bonds. The molecule has 2 rings (SSSR count). The van der Waals surface area contributed by atoms with Crippen molar-refractivity contribution < 1.29 is 9.53 Å². The van der Waals surface area contributed by atoms with Crippen molar-refractivity contribution in [3.8, 4) is 5.75 Å². The normalized spacial score (nSPS) is 15.6. The Kier molecular flexibility index (Phi) is 4.37. The Labute approximate surface area is 118 Å².